The van der Waals surface area contributed by atoms with Gasteiger partial charge in [0.25, 0.3) is 0 Å². The van der Waals surface area contributed by atoms with Gasteiger partial charge in [-0.2, -0.15) is 9.97 Å². The molecule has 8 rings (SSSR count). The van der Waals surface area contributed by atoms with Gasteiger partial charge in [0.15, 0.2) is 5.82 Å². The minimum Gasteiger partial charge on any atom is -0.508 e. The van der Waals surface area contributed by atoms with Crippen LogP contribution in [0.2, 0.25) is 0 Å². The lowest BCUT2D eigenvalue weighted by Crippen LogP contribution is -2.58. The minimum atomic E-state index is -0.919. The van der Waals surface area contributed by atoms with E-state index in [1.165, 1.54) is 24.3 Å². The Morgan fingerprint density at radius 1 is 1.16 bits per heavy atom. The predicted molar refractivity (Wildman–Crippen MR) is 159 cm³/mol. The molecule has 2 aromatic carbocycles. The summed E-state index contributed by atoms with van der Waals surface area (Å²) in [6.45, 7) is 4.98. The number of anilines is 1. The number of hydrogen-bond acceptors (Lipinski definition) is 9. The largest absolute Gasteiger partial charge is 0.508 e. The van der Waals surface area contributed by atoms with Gasteiger partial charge in [-0.05, 0) is 49.4 Å². The highest BCUT2D eigenvalue weighted by molar-refractivity contribution is 6.02. The molecule has 0 saturated carbocycles. The van der Waals surface area contributed by atoms with Gasteiger partial charge in [-0.15, -0.1) is 0 Å². The summed E-state index contributed by atoms with van der Waals surface area (Å²) in [4.78, 5) is 18.2. The van der Waals surface area contributed by atoms with E-state index >= 15 is 8.78 Å². The number of alkyl halides is 1. The van der Waals surface area contributed by atoms with Crippen LogP contribution in [0.1, 0.15) is 32.6 Å². The Morgan fingerprint density at radius 3 is 2.91 bits per heavy atom. The van der Waals surface area contributed by atoms with E-state index in [0.717, 1.165) is 25.8 Å². The molecule has 3 saturated heterocycles. The van der Waals surface area contributed by atoms with Gasteiger partial charge in [0, 0.05) is 43.0 Å². The summed E-state index contributed by atoms with van der Waals surface area (Å²) >= 11 is 0. The molecule has 2 aromatic heterocycles. The summed E-state index contributed by atoms with van der Waals surface area (Å²) in [5, 5.41) is 14.9. The van der Waals surface area contributed by atoms with Gasteiger partial charge in [0.05, 0.1) is 11.6 Å². The second-order valence-corrected chi connectivity index (χ2v) is 12.5. The molecule has 4 aromatic rings. The summed E-state index contributed by atoms with van der Waals surface area (Å²) in [7, 11) is 0. The number of nitrogens with one attached hydrogen (secondary N) is 1. The van der Waals surface area contributed by atoms with E-state index in [0.29, 0.717) is 42.6 Å². The van der Waals surface area contributed by atoms with Crippen molar-refractivity contribution in [2.45, 2.75) is 56.4 Å². The zero-order chi connectivity index (χ0) is 30.2. The minimum absolute atomic E-state index is 0.0165. The smallest absolute Gasteiger partial charge is 0.319 e. The van der Waals surface area contributed by atoms with Crippen molar-refractivity contribution in [3.8, 4) is 28.9 Å². The van der Waals surface area contributed by atoms with Crippen LogP contribution in [0.4, 0.5) is 19.0 Å². The Morgan fingerprint density at radius 2 is 2.05 bits per heavy atom. The van der Waals surface area contributed by atoms with E-state index in [1.807, 2.05) is 0 Å². The number of fused-ring (bicyclic) bond motifs is 4. The summed E-state index contributed by atoms with van der Waals surface area (Å²) in [5.41, 5.74) is -0.629. The average molecular weight is 607 g/mol. The highest BCUT2D eigenvalue weighted by Crippen LogP contribution is 2.44. The lowest BCUT2D eigenvalue weighted by atomic mass is 9.95. The van der Waals surface area contributed by atoms with Crippen molar-refractivity contribution < 1.29 is 27.8 Å². The Balaban J connectivity index is 1.31. The molecule has 4 aliphatic rings. The highest BCUT2D eigenvalue weighted by Gasteiger charge is 2.49. The van der Waals surface area contributed by atoms with Gasteiger partial charge in [-0.1, -0.05) is 19.1 Å². The SMILES string of the molecule is CCC1CN2c3nc(OC[C@]45CCCN4C[C@@H](F)C5)nc4c(F)c(-c5cc(O)cc6cccc(F)c56)nc(c34)OC[C@@H]2CN1. The van der Waals surface area contributed by atoms with Crippen LogP contribution in [-0.2, 0) is 0 Å². The standard InChI is InChI=1S/C32H33F3N6O3/c1-2-19-14-41-20(12-36-19)15-43-30-25-28(26(35)27(37-30)22-10-21(42)9-17-5-3-6-23(34)24(17)22)38-31(39-29(25)41)44-16-32-7-4-8-40(32)13-18(33)11-32/h3,5-6,9-10,18-20,36,42H,2,4,7-8,11-16H2,1H3/t18-,19?,20-,32+/m0/s1. The first kappa shape index (κ1) is 27.6. The van der Waals surface area contributed by atoms with E-state index in [4.69, 9.17) is 14.5 Å². The average Bonchev–Trinajstić information content (AvgIpc) is 3.49. The molecule has 4 atom stereocenters. The molecule has 0 amide bonds. The Labute approximate surface area is 252 Å². The number of benzene rings is 2. The fraction of sp³-hybridized carbons (Fsp3) is 0.469. The number of rotatable bonds is 5. The summed E-state index contributed by atoms with van der Waals surface area (Å²) in [5.74, 6) is -0.944. The third-order valence-electron chi connectivity index (χ3n) is 9.79. The molecule has 0 spiro atoms. The van der Waals surface area contributed by atoms with Crippen LogP contribution in [0.25, 0.3) is 32.9 Å². The maximum absolute atomic E-state index is 16.8. The predicted octanol–water partition coefficient (Wildman–Crippen LogP) is 4.73. The molecule has 230 valence electrons. The normalized spacial score (nSPS) is 26.5. The van der Waals surface area contributed by atoms with E-state index in [1.54, 1.807) is 6.07 Å². The molecular weight excluding hydrogens is 573 g/mol. The molecule has 0 aliphatic carbocycles. The van der Waals surface area contributed by atoms with Crippen molar-refractivity contribution in [3.05, 3.63) is 42.0 Å². The molecule has 9 nitrogen and oxygen atoms in total. The fourth-order valence-corrected chi connectivity index (χ4v) is 7.58. The van der Waals surface area contributed by atoms with Gasteiger partial charge in [-0.3, -0.25) is 4.90 Å². The lowest BCUT2D eigenvalue weighted by molar-refractivity contribution is 0.107. The van der Waals surface area contributed by atoms with Gasteiger partial charge >= 0.3 is 6.01 Å². The molecule has 44 heavy (non-hydrogen) atoms. The van der Waals surface area contributed by atoms with Crippen molar-refractivity contribution in [2.75, 3.05) is 44.3 Å². The first-order valence-electron chi connectivity index (χ1n) is 15.3. The van der Waals surface area contributed by atoms with Crippen LogP contribution in [-0.4, -0.2) is 88.1 Å². The number of ether oxygens (including phenoxy) is 2. The zero-order valence-corrected chi connectivity index (χ0v) is 24.3. The lowest BCUT2D eigenvalue weighted by Gasteiger charge is -2.39. The van der Waals surface area contributed by atoms with Crippen LogP contribution in [0.15, 0.2) is 30.3 Å². The topological polar surface area (TPSA) is 95.9 Å². The quantitative estimate of drug-likeness (QED) is 0.334. The summed E-state index contributed by atoms with van der Waals surface area (Å²) < 4.78 is 58.9. The van der Waals surface area contributed by atoms with Crippen molar-refractivity contribution >= 4 is 27.5 Å². The number of phenolic OH excluding ortho intramolecular Hbond substituents is 1. The van der Waals surface area contributed by atoms with Crippen molar-refractivity contribution in [1.82, 2.24) is 25.2 Å². The molecule has 12 heteroatoms. The first-order chi connectivity index (χ1) is 21.3. The zero-order valence-electron chi connectivity index (χ0n) is 24.3. The number of piperazine rings is 1. The first-order valence-corrected chi connectivity index (χ1v) is 15.3. The van der Waals surface area contributed by atoms with Crippen molar-refractivity contribution in [3.63, 3.8) is 0 Å². The molecule has 2 N–H and O–H groups in total. The molecule has 0 bridgehead atoms. The Bertz CT molecular complexity index is 1790. The van der Waals surface area contributed by atoms with Crippen molar-refractivity contribution in [1.29, 1.82) is 0 Å². The molecule has 0 radical (unpaired) electrons. The van der Waals surface area contributed by atoms with Crippen LogP contribution in [0.5, 0.6) is 17.6 Å². The molecule has 4 aliphatic heterocycles. The second kappa shape index (κ2) is 10.3. The number of hydrogen-bond donors (Lipinski definition) is 2. The number of halogens is 3. The van der Waals surface area contributed by atoms with Crippen LogP contribution in [0.3, 0.4) is 0 Å². The van der Waals surface area contributed by atoms with E-state index < -0.39 is 23.3 Å². The molecular formula is C32H33F3N6O3. The Hall–Kier alpha value is -3.90. The van der Waals surface area contributed by atoms with E-state index in [-0.39, 0.29) is 65.1 Å². The van der Waals surface area contributed by atoms with E-state index in [9.17, 15) is 9.50 Å². The number of aromatic nitrogens is 3. The van der Waals surface area contributed by atoms with E-state index in [2.05, 4.69) is 32.0 Å². The number of nitrogens with zero attached hydrogens (tertiary/aromatic N) is 5. The number of pyridine rings is 1. The third-order valence-corrected chi connectivity index (χ3v) is 9.79. The van der Waals surface area contributed by atoms with Crippen LogP contribution < -0.4 is 19.7 Å². The fourth-order valence-electron chi connectivity index (χ4n) is 7.58. The van der Waals surface area contributed by atoms with Gasteiger partial charge in [-0.25, -0.2) is 18.2 Å². The summed E-state index contributed by atoms with van der Waals surface area (Å²) in [6.07, 6.45) is 2.11. The summed E-state index contributed by atoms with van der Waals surface area (Å²) in [6, 6.07) is 7.23. The number of phenols is 1. The number of aromatic hydroxyl groups is 1. The van der Waals surface area contributed by atoms with Crippen LogP contribution in [0, 0.1) is 11.6 Å². The van der Waals surface area contributed by atoms with Gasteiger partial charge < -0.3 is 24.8 Å². The maximum atomic E-state index is 16.8. The third kappa shape index (κ3) is 4.33. The molecule has 6 heterocycles. The van der Waals surface area contributed by atoms with Gasteiger partial charge in [0.2, 0.25) is 5.88 Å². The second-order valence-electron chi connectivity index (χ2n) is 12.5. The van der Waals surface area contributed by atoms with Crippen molar-refractivity contribution in [2.24, 2.45) is 0 Å². The van der Waals surface area contributed by atoms with Crippen LogP contribution >= 0.6 is 0 Å². The van der Waals surface area contributed by atoms with Gasteiger partial charge in [0.1, 0.15) is 53.4 Å². The molecule has 1 unspecified atom stereocenters. The highest BCUT2D eigenvalue weighted by atomic mass is 19.1. The molecule has 3 fully saturated rings. The monoisotopic (exact) mass is 606 g/mol. The maximum Gasteiger partial charge on any atom is 0.319 e. The Kier molecular flexibility index (Phi) is 6.49.